The molecule has 252 valence electrons. The molecule has 0 saturated heterocycles. The molecule has 2 N–H and O–H groups in total. The number of fused-ring (bicyclic) bond motifs is 1. The number of nitrogens with one attached hydrogen (secondary N) is 2. The monoisotopic (exact) mass is 663 g/mol. The van der Waals surface area contributed by atoms with Gasteiger partial charge in [-0.1, -0.05) is 73.4 Å². The van der Waals surface area contributed by atoms with Crippen molar-refractivity contribution in [3.05, 3.63) is 89.5 Å². The molecule has 6 rings (SSSR count). The molecule has 1 amide bonds. The average molecular weight is 664 g/mol. The largest absolute Gasteiger partial charge is 0.362 e. The van der Waals surface area contributed by atoms with Gasteiger partial charge < -0.3 is 15.5 Å². The van der Waals surface area contributed by atoms with Crippen molar-refractivity contribution in [3.8, 4) is 0 Å². The molecule has 2 fully saturated rings. The maximum Gasteiger partial charge on any atom is 0.233 e. The van der Waals surface area contributed by atoms with Gasteiger partial charge in [-0.3, -0.25) is 9.59 Å². The summed E-state index contributed by atoms with van der Waals surface area (Å²) in [6, 6.07) is 24.8. The number of thioether (sulfide) groups is 1. The average Bonchev–Trinajstić information content (AvgIpc) is 3.12. The zero-order valence-electron chi connectivity index (χ0n) is 28.6. The third-order valence-electron chi connectivity index (χ3n) is 10.0. The highest BCUT2D eigenvalue weighted by Crippen LogP contribution is 2.34. The summed E-state index contributed by atoms with van der Waals surface area (Å²) in [6.45, 7) is 2.68. The van der Waals surface area contributed by atoms with E-state index in [-0.39, 0.29) is 18.1 Å². The molecule has 3 aromatic carbocycles. The number of ketones is 1. The number of hydrogen-bond donors (Lipinski definition) is 2. The fraction of sp³-hybridized carbons (Fsp3) is 0.450. The first kappa shape index (κ1) is 34.0. The number of nitrogens with zero attached hydrogens (tertiary/aromatic N) is 3. The van der Waals surface area contributed by atoms with Crippen LogP contribution < -0.4 is 15.5 Å². The van der Waals surface area contributed by atoms with Crippen molar-refractivity contribution in [1.82, 2.24) is 15.3 Å². The van der Waals surface area contributed by atoms with E-state index in [9.17, 15) is 9.59 Å². The normalized spacial score (nSPS) is 19.1. The van der Waals surface area contributed by atoms with Gasteiger partial charge in [0.2, 0.25) is 11.9 Å². The van der Waals surface area contributed by atoms with Gasteiger partial charge in [0.1, 0.15) is 5.82 Å². The minimum Gasteiger partial charge on any atom is -0.362 e. The van der Waals surface area contributed by atoms with E-state index in [1.165, 1.54) is 55.0 Å². The van der Waals surface area contributed by atoms with E-state index >= 15 is 0 Å². The molecule has 2 aliphatic rings. The van der Waals surface area contributed by atoms with Crippen LogP contribution in [0.4, 0.5) is 11.8 Å². The Morgan fingerprint density at radius 1 is 0.854 bits per heavy atom. The molecule has 1 unspecified atom stereocenters. The lowest BCUT2D eigenvalue weighted by Gasteiger charge is -2.30. The summed E-state index contributed by atoms with van der Waals surface area (Å²) in [7, 11) is 4.01. The fourth-order valence-electron chi connectivity index (χ4n) is 7.15. The Bertz CT molecular complexity index is 1680. The van der Waals surface area contributed by atoms with E-state index in [1.54, 1.807) is 0 Å². The van der Waals surface area contributed by atoms with Gasteiger partial charge in [-0.05, 0) is 87.1 Å². The number of carbonyl (C=O) groups is 2. The second-order valence-electron chi connectivity index (χ2n) is 13.9. The van der Waals surface area contributed by atoms with E-state index in [0.717, 1.165) is 47.3 Å². The molecule has 1 atom stereocenters. The Hall–Kier alpha value is -3.91. The topological polar surface area (TPSA) is 87.2 Å². The molecule has 1 heterocycles. The molecular weight excluding hydrogens is 615 g/mol. The van der Waals surface area contributed by atoms with Crippen molar-refractivity contribution < 1.29 is 9.59 Å². The lowest BCUT2D eigenvalue weighted by molar-refractivity contribution is -0.120. The molecule has 8 heteroatoms. The molecule has 2 saturated carbocycles. The number of aryl methyl sites for hydroxylation is 1. The highest BCUT2D eigenvalue weighted by molar-refractivity contribution is 8.00. The van der Waals surface area contributed by atoms with Crippen molar-refractivity contribution in [2.75, 3.05) is 30.9 Å². The van der Waals surface area contributed by atoms with E-state index < -0.39 is 5.25 Å². The highest BCUT2D eigenvalue weighted by atomic mass is 32.2. The zero-order valence-corrected chi connectivity index (χ0v) is 29.4. The van der Waals surface area contributed by atoms with E-state index in [1.807, 2.05) is 61.5 Å². The summed E-state index contributed by atoms with van der Waals surface area (Å²) in [6.07, 6.45) is 10.5. The van der Waals surface area contributed by atoms with Gasteiger partial charge in [-0.25, -0.2) is 4.98 Å². The van der Waals surface area contributed by atoms with Crippen molar-refractivity contribution >= 4 is 46.1 Å². The Labute approximate surface area is 289 Å². The van der Waals surface area contributed by atoms with Gasteiger partial charge >= 0.3 is 0 Å². The molecule has 1 aromatic heterocycles. The number of amides is 1. The Morgan fingerprint density at radius 2 is 1.56 bits per heavy atom. The van der Waals surface area contributed by atoms with Crippen LogP contribution in [0.15, 0.2) is 77.7 Å². The lowest BCUT2D eigenvalue weighted by atomic mass is 9.84. The summed E-state index contributed by atoms with van der Waals surface area (Å²) in [5.41, 5.74) is 4.13. The van der Waals surface area contributed by atoms with Crippen LogP contribution >= 0.6 is 11.8 Å². The first-order valence-electron chi connectivity index (χ1n) is 17.7. The number of Topliss-reactive ketones (excluding diaryl/α,β-unsaturated/α-hetero) is 1. The SMILES string of the molecule is Cc1ccc(SC(CC(=O)c2ccc(C3CCCCC3)cc2)C(=O)NC[C@H]2CC[C@@H](Nc3nc(N(C)C)c4ccccc4n3)CC2)cc1. The Morgan fingerprint density at radius 3 is 2.27 bits per heavy atom. The summed E-state index contributed by atoms with van der Waals surface area (Å²) in [5, 5.41) is 7.37. The molecule has 0 radical (unpaired) electrons. The van der Waals surface area contributed by atoms with Crippen LogP contribution in [0.3, 0.4) is 0 Å². The van der Waals surface area contributed by atoms with Gasteiger partial charge in [0, 0.05) is 48.9 Å². The summed E-state index contributed by atoms with van der Waals surface area (Å²) in [5.74, 6) is 2.53. The third-order valence-corrected chi connectivity index (χ3v) is 11.2. The second kappa shape index (κ2) is 16.0. The summed E-state index contributed by atoms with van der Waals surface area (Å²) < 4.78 is 0. The van der Waals surface area contributed by atoms with Crippen LogP contribution in [-0.2, 0) is 4.79 Å². The number of benzene rings is 3. The number of carbonyl (C=O) groups excluding carboxylic acids is 2. The van der Waals surface area contributed by atoms with E-state index in [0.29, 0.717) is 35.9 Å². The minimum atomic E-state index is -0.493. The molecule has 7 nitrogen and oxygen atoms in total. The highest BCUT2D eigenvalue weighted by Gasteiger charge is 2.27. The third kappa shape index (κ3) is 8.76. The van der Waals surface area contributed by atoms with Crippen LogP contribution in [-0.4, -0.2) is 53.6 Å². The Balaban J connectivity index is 1.04. The Kier molecular flexibility index (Phi) is 11.3. The molecule has 0 spiro atoms. The quantitative estimate of drug-likeness (QED) is 0.116. The lowest BCUT2D eigenvalue weighted by Crippen LogP contribution is -2.39. The second-order valence-corrected chi connectivity index (χ2v) is 15.2. The first-order chi connectivity index (χ1) is 23.3. The summed E-state index contributed by atoms with van der Waals surface area (Å²) in [4.78, 5) is 39.8. The van der Waals surface area contributed by atoms with Crippen molar-refractivity contribution in [1.29, 1.82) is 0 Å². The number of anilines is 2. The van der Waals surface area contributed by atoms with Crippen LogP contribution in [0.25, 0.3) is 10.9 Å². The van der Waals surface area contributed by atoms with Gasteiger partial charge in [0.05, 0.1) is 10.8 Å². The van der Waals surface area contributed by atoms with Crippen molar-refractivity contribution in [2.45, 2.75) is 93.2 Å². The fourth-order valence-corrected chi connectivity index (χ4v) is 8.20. The van der Waals surface area contributed by atoms with Crippen molar-refractivity contribution in [3.63, 3.8) is 0 Å². The van der Waals surface area contributed by atoms with E-state index in [4.69, 9.17) is 9.97 Å². The van der Waals surface area contributed by atoms with E-state index in [2.05, 4.69) is 47.9 Å². The smallest absolute Gasteiger partial charge is 0.233 e. The van der Waals surface area contributed by atoms with Gasteiger partial charge in [0.15, 0.2) is 5.78 Å². The van der Waals surface area contributed by atoms with Crippen LogP contribution in [0.2, 0.25) is 0 Å². The molecule has 2 aliphatic carbocycles. The minimum absolute atomic E-state index is 0.0184. The number of rotatable bonds is 12. The molecule has 0 aliphatic heterocycles. The molecular formula is C40H49N5O2S. The molecule has 48 heavy (non-hydrogen) atoms. The summed E-state index contributed by atoms with van der Waals surface area (Å²) >= 11 is 1.49. The van der Waals surface area contributed by atoms with Gasteiger partial charge in [0.25, 0.3) is 0 Å². The molecule has 4 aromatic rings. The predicted octanol–water partition coefficient (Wildman–Crippen LogP) is 8.57. The maximum atomic E-state index is 13.7. The van der Waals surface area contributed by atoms with Gasteiger partial charge in [-0.15, -0.1) is 11.8 Å². The first-order valence-corrected chi connectivity index (χ1v) is 18.5. The van der Waals surface area contributed by atoms with Gasteiger partial charge in [-0.2, -0.15) is 4.98 Å². The number of aromatic nitrogens is 2. The maximum absolute atomic E-state index is 13.7. The van der Waals surface area contributed by atoms with Crippen LogP contribution in [0, 0.1) is 12.8 Å². The van der Waals surface area contributed by atoms with Crippen LogP contribution in [0.5, 0.6) is 0 Å². The number of hydrogen-bond acceptors (Lipinski definition) is 7. The zero-order chi connectivity index (χ0) is 33.5. The van der Waals surface area contributed by atoms with Crippen molar-refractivity contribution in [2.24, 2.45) is 5.92 Å². The van der Waals surface area contributed by atoms with Crippen LogP contribution in [0.1, 0.15) is 91.6 Å². The predicted molar refractivity (Wildman–Crippen MR) is 198 cm³/mol. The number of para-hydroxylation sites is 1. The molecule has 0 bridgehead atoms. The standard InChI is InChI=1S/C40H49N5O2S/c1-27-13-23-33(24-14-27)48-37(25-36(46)31-19-17-30(18-20-31)29-9-5-4-6-10-29)39(47)41-26-28-15-21-32(22-16-28)42-40-43-35-12-8-7-11-34(35)38(44-40)45(2)3/h7-8,11-14,17-20,23-24,28-29,32,37H,4-6,9-10,15-16,21-22,25-26H2,1-3H3,(H,41,47)(H,42,43,44)/t28-,32+,37?.